The van der Waals surface area contributed by atoms with Crippen LogP contribution in [-0.2, 0) is 15.2 Å². The molecule has 0 amide bonds. The molecule has 3 rings (SSSR count). The van der Waals surface area contributed by atoms with Crippen molar-refractivity contribution in [2.45, 2.75) is 44.6 Å². The van der Waals surface area contributed by atoms with Crippen molar-refractivity contribution < 1.29 is 34.4 Å². The highest BCUT2D eigenvalue weighted by Crippen LogP contribution is 2.48. The summed E-state index contributed by atoms with van der Waals surface area (Å²) in [6.45, 7) is 7.92. The third kappa shape index (κ3) is 7.34. The first-order chi connectivity index (χ1) is 16.7. The molecule has 0 unspecified atom stereocenters. The molecular weight excluding hydrogens is 474 g/mol. The monoisotopic (exact) mass is 507 g/mol. The summed E-state index contributed by atoms with van der Waals surface area (Å²) < 4.78 is 11.5. The minimum atomic E-state index is -1.82. The van der Waals surface area contributed by atoms with E-state index < -0.39 is 17.5 Å². The quantitative estimate of drug-likeness (QED) is 0.451. The molecule has 1 aliphatic rings. The molecule has 1 aliphatic heterocycles. The lowest BCUT2D eigenvalue weighted by Crippen LogP contribution is -2.35. The maximum atomic E-state index is 12.1. The van der Waals surface area contributed by atoms with Crippen LogP contribution in [0.2, 0.25) is 5.02 Å². The number of carboxylic acids is 2. The van der Waals surface area contributed by atoms with Gasteiger partial charge in [-0.3, -0.25) is 0 Å². The molecule has 0 radical (unpaired) electrons. The average molecular weight is 508 g/mol. The summed E-state index contributed by atoms with van der Waals surface area (Å²) in [7, 11) is 1.62. The summed E-state index contributed by atoms with van der Waals surface area (Å²) in [6, 6.07) is 13.7. The zero-order valence-electron chi connectivity index (χ0n) is 20.4. The molecule has 2 atom stereocenters. The highest BCUT2D eigenvalue weighted by molar-refractivity contribution is 6.32. The Balaban J connectivity index is 0.000000641. The van der Waals surface area contributed by atoms with Gasteiger partial charge in [-0.1, -0.05) is 49.7 Å². The number of fused-ring (bicyclic) bond motifs is 1. The number of carbonyl (C=O) groups is 2. The van der Waals surface area contributed by atoms with Gasteiger partial charge in [0.1, 0.15) is 17.1 Å². The predicted octanol–water partition coefficient (Wildman–Crippen LogP) is 4.38. The molecule has 8 nitrogen and oxygen atoms in total. The van der Waals surface area contributed by atoms with Gasteiger partial charge in [0.15, 0.2) is 0 Å². The lowest BCUT2D eigenvalue weighted by atomic mass is 9.73. The van der Waals surface area contributed by atoms with E-state index >= 15 is 0 Å². The van der Waals surface area contributed by atoms with E-state index in [4.69, 9.17) is 40.9 Å². The van der Waals surface area contributed by atoms with Gasteiger partial charge in [-0.25, -0.2) is 9.59 Å². The Morgan fingerprint density at radius 3 is 2.40 bits per heavy atom. The topological polar surface area (TPSA) is 117 Å². The Kier molecular flexibility index (Phi) is 10.8. The van der Waals surface area contributed by atoms with Crippen molar-refractivity contribution in [3.63, 3.8) is 0 Å². The number of benzene rings is 2. The lowest BCUT2D eigenvalue weighted by molar-refractivity contribution is -0.159. The van der Waals surface area contributed by atoms with Gasteiger partial charge in [-0.2, -0.15) is 0 Å². The number of halogens is 1. The zero-order valence-corrected chi connectivity index (χ0v) is 21.1. The highest BCUT2D eigenvalue weighted by atomic mass is 35.5. The Hall–Kier alpha value is -2.81. The van der Waals surface area contributed by atoms with Crippen molar-refractivity contribution in [1.82, 2.24) is 4.90 Å². The van der Waals surface area contributed by atoms with Crippen molar-refractivity contribution in [3.8, 4) is 11.5 Å². The molecule has 1 heterocycles. The summed E-state index contributed by atoms with van der Waals surface area (Å²) >= 11 is 6.25. The highest BCUT2D eigenvalue weighted by Gasteiger charge is 2.42. The van der Waals surface area contributed by atoms with Crippen LogP contribution in [0, 0.1) is 0 Å². The summed E-state index contributed by atoms with van der Waals surface area (Å²) in [6.07, 6.45) is 2.30. The van der Waals surface area contributed by atoms with Crippen LogP contribution in [-0.4, -0.2) is 65.5 Å². The number of carboxylic acid groups (broad SMARTS) is 2. The van der Waals surface area contributed by atoms with E-state index in [9.17, 15) is 5.11 Å². The second-order valence-corrected chi connectivity index (χ2v) is 8.65. The summed E-state index contributed by atoms with van der Waals surface area (Å²) in [5, 5.41) is 27.5. The van der Waals surface area contributed by atoms with Crippen molar-refractivity contribution in [2.24, 2.45) is 0 Å². The normalized spacial score (nSPS) is 19.0. The number of aliphatic carboxylic acids is 2. The largest absolute Gasteiger partial charge is 0.495 e. The molecular formula is C26H34ClNO7. The third-order valence-electron chi connectivity index (χ3n) is 6.28. The zero-order chi connectivity index (χ0) is 26.0. The standard InChI is InChI=1S/C24H32ClNO3.C2H2O4/c1-4-26(5-2)15-8-14-24(27)19(18-11-12-21(25)23(17-18)28-3)13-16-29-22-10-7-6-9-20(22)24;3-1(4)2(5)6/h6-7,9-12,17,19,27H,4-5,8,13-16H2,1-3H3;(H,3,4)(H,5,6)/t19-,24+;/m0./s1. The van der Waals surface area contributed by atoms with Gasteiger partial charge in [-0.15, -0.1) is 0 Å². The minimum absolute atomic E-state index is 0.103. The molecule has 2 aromatic rings. The fraction of sp³-hybridized carbons (Fsp3) is 0.462. The molecule has 0 saturated carbocycles. The van der Waals surface area contributed by atoms with Gasteiger partial charge in [0.05, 0.1) is 18.7 Å². The van der Waals surface area contributed by atoms with Crippen molar-refractivity contribution in [2.75, 3.05) is 33.4 Å². The van der Waals surface area contributed by atoms with Crippen LogP contribution in [0.4, 0.5) is 0 Å². The number of rotatable bonds is 8. The van der Waals surface area contributed by atoms with Gasteiger partial charge in [0, 0.05) is 11.5 Å². The van der Waals surface area contributed by atoms with Crippen LogP contribution < -0.4 is 9.47 Å². The van der Waals surface area contributed by atoms with E-state index in [-0.39, 0.29) is 5.92 Å². The van der Waals surface area contributed by atoms with Crippen LogP contribution >= 0.6 is 11.6 Å². The first kappa shape index (κ1) is 28.4. The molecule has 35 heavy (non-hydrogen) atoms. The number of para-hydroxylation sites is 1. The SMILES string of the molecule is CCN(CC)CCC[C@]1(O)c2ccccc2OCC[C@H]1c1ccc(Cl)c(OC)c1.O=C(O)C(=O)O. The van der Waals surface area contributed by atoms with Crippen molar-refractivity contribution >= 4 is 23.5 Å². The second kappa shape index (κ2) is 13.3. The van der Waals surface area contributed by atoms with E-state index in [1.54, 1.807) is 7.11 Å². The molecule has 3 N–H and O–H groups in total. The number of methoxy groups -OCH3 is 1. The lowest BCUT2D eigenvalue weighted by Gasteiger charge is -2.36. The van der Waals surface area contributed by atoms with E-state index in [0.717, 1.165) is 49.4 Å². The number of nitrogens with zero attached hydrogens (tertiary/aromatic N) is 1. The third-order valence-corrected chi connectivity index (χ3v) is 6.59. The number of aliphatic hydroxyl groups is 1. The molecule has 0 spiro atoms. The van der Waals surface area contributed by atoms with E-state index in [1.165, 1.54) is 0 Å². The van der Waals surface area contributed by atoms with Crippen LogP contribution in [0.25, 0.3) is 0 Å². The van der Waals surface area contributed by atoms with Gasteiger partial charge in [0.2, 0.25) is 0 Å². The average Bonchev–Trinajstić information content (AvgIpc) is 2.99. The molecule has 9 heteroatoms. The summed E-state index contributed by atoms with van der Waals surface area (Å²) in [4.78, 5) is 20.6. The van der Waals surface area contributed by atoms with E-state index in [0.29, 0.717) is 23.8 Å². The smallest absolute Gasteiger partial charge is 0.414 e. The Labute approximate surface area is 211 Å². The molecule has 0 saturated heterocycles. The Morgan fingerprint density at radius 2 is 1.80 bits per heavy atom. The van der Waals surface area contributed by atoms with Crippen LogP contribution in [0.3, 0.4) is 0 Å². The second-order valence-electron chi connectivity index (χ2n) is 8.24. The Morgan fingerprint density at radius 1 is 1.14 bits per heavy atom. The number of ether oxygens (including phenoxy) is 2. The summed E-state index contributed by atoms with van der Waals surface area (Å²) in [5.41, 5.74) is 0.881. The van der Waals surface area contributed by atoms with Crippen LogP contribution in [0.1, 0.15) is 50.2 Å². The molecule has 0 aliphatic carbocycles. The molecule has 2 aromatic carbocycles. The van der Waals surface area contributed by atoms with Crippen molar-refractivity contribution in [3.05, 3.63) is 58.6 Å². The molecule has 0 aromatic heterocycles. The number of hydrogen-bond donors (Lipinski definition) is 3. The first-order valence-electron chi connectivity index (χ1n) is 11.6. The molecule has 192 valence electrons. The van der Waals surface area contributed by atoms with E-state index in [2.05, 4.69) is 18.7 Å². The number of hydrogen-bond acceptors (Lipinski definition) is 6. The van der Waals surface area contributed by atoms with Gasteiger partial charge < -0.3 is 29.7 Å². The fourth-order valence-corrected chi connectivity index (χ4v) is 4.61. The molecule has 0 fully saturated rings. The maximum absolute atomic E-state index is 12.1. The molecule has 0 bridgehead atoms. The van der Waals surface area contributed by atoms with E-state index in [1.807, 2.05) is 42.5 Å². The van der Waals surface area contributed by atoms with Gasteiger partial charge in [-0.05, 0) is 62.7 Å². The van der Waals surface area contributed by atoms with Gasteiger partial charge in [0.25, 0.3) is 0 Å². The van der Waals surface area contributed by atoms with Crippen LogP contribution in [0.15, 0.2) is 42.5 Å². The minimum Gasteiger partial charge on any atom is -0.495 e. The van der Waals surface area contributed by atoms with Gasteiger partial charge >= 0.3 is 11.9 Å². The first-order valence-corrected chi connectivity index (χ1v) is 12.0. The Bertz CT molecular complexity index is 983. The fourth-order valence-electron chi connectivity index (χ4n) is 4.42. The van der Waals surface area contributed by atoms with Crippen LogP contribution in [0.5, 0.6) is 11.5 Å². The summed E-state index contributed by atoms with van der Waals surface area (Å²) in [5.74, 6) is -2.34. The maximum Gasteiger partial charge on any atom is 0.414 e. The predicted molar refractivity (Wildman–Crippen MR) is 133 cm³/mol. The van der Waals surface area contributed by atoms with Crippen molar-refractivity contribution in [1.29, 1.82) is 0 Å².